The minimum atomic E-state index is -3.58. The molecule has 1 heterocycles. The first-order valence-corrected chi connectivity index (χ1v) is 9.00. The third-order valence-corrected chi connectivity index (χ3v) is 5.10. The van der Waals surface area contributed by atoms with E-state index in [1.807, 2.05) is 30.3 Å². The molecule has 2 aromatic rings. The highest BCUT2D eigenvalue weighted by atomic mass is 79.9. The van der Waals surface area contributed by atoms with Crippen molar-refractivity contribution >= 4 is 37.6 Å². The Kier molecular flexibility index (Phi) is 4.17. The van der Waals surface area contributed by atoms with Crippen LogP contribution in [0.1, 0.15) is 5.56 Å². The SMILES string of the molecule is O=S1(=O)NC(=NCCc2ccccc2)Nc2ccc(Br)cc21. The van der Waals surface area contributed by atoms with Crippen LogP contribution in [0.4, 0.5) is 5.69 Å². The predicted octanol–water partition coefficient (Wildman–Crippen LogP) is 2.75. The molecular weight excluding hydrogens is 366 g/mol. The molecule has 0 unspecified atom stereocenters. The highest BCUT2D eigenvalue weighted by molar-refractivity contribution is 9.10. The van der Waals surface area contributed by atoms with Gasteiger partial charge in [0.1, 0.15) is 4.90 Å². The van der Waals surface area contributed by atoms with Crippen molar-refractivity contribution in [1.29, 1.82) is 0 Å². The van der Waals surface area contributed by atoms with Crippen molar-refractivity contribution in [2.24, 2.45) is 4.99 Å². The number of fused-ring (bicyclic) bond motifs is 1. The molecule has 1 aliphatic heterocycles. The summed E-state index contributed by atoms with van der Waals surface area (Å²) in [4.78, 5) is 4.51. The molecule has 0 aliphatic carbocycles. The fourth-order valence-electron chi connectivity index (χ4n) is 2.17. The van der Waals surface area contributed by atoms with Crippen LogP contribution in [-0.4, -0.2) is 20.9 Å². The molecule has 0 spiro atoms. The van der Waals surface area contributed by atoms with Crippen molar-refractivity contribution in [2.75, 3.05) is 11.9 Å². The highest BCUT2D eigenvalue weighted by Gasteiger charge is 2.26. The molecule has 5 nitrogen and oxygen atoms in total. The zero-order valence-corrected chi connectivity index (χ0v) is 14.0. The minimum absolute atomic E-state index is 0.212. The second kappa shape index (κ2) is 6.10. The Balaban J connectivity index is 1.77. The number of anilines is 1. The molecule has 0 aromatic heterocycles. The molecule has 0 atom stereocenters. The van der Waals surface area contributed by atoms with Crippen molar-refractivity contribution in [2.45, 2.75) is 11.3 Å². The van der Waals surface area contributed by atoms with Crippen LogP contribution in [-0.2, 0) is 16.4 Å². The van der Waals surface area contributed by atoms with Crippen molar-refractivity contribution in [1.82, 2.24) is 4.72 Å². The number of aliphatic imine (C=N–C) groups is 1. The number of benzene rings is 2. The van der Waals surface area contributed by atoms with Gasteiger partial charge in [0.25, 0.3) is 10.0 Å². The number of guanidine groups is 1. The fourth-order valence-corrected chi connectivity index (χ4v) is 3.85. The van der Waals surface area contributed by atoms with E-state index in [1.165, 1.54) is 0 Å². The van der Waals surface area contributed by atoms with Gasteiger partial charge >= 0.3 is 0 Å². The number of rotatable bonds is 3. The van der Waals surface area contributed by atoms with Gasteiger partial charge in [0.05, 0.1) is 5.69 Å². The van der Waals surface area contributed by atoms with Gasteiger partial charge in [0.2, 0.25) is 5.96 Å². The lowest BCUT2D eigenvalue weighted by Gasteiger charge is -2.21. The van der Waals surface area contributed by atoms with Crippen LogP contribution in [0.5, 0.6) is 0 Å². The van der Waals surface area contributed by atoms with Crippen LogP contribution in [0.2, 0.25) is 0 Å². The Morgan fingerprint density at radius 2 is 1.86 bits per heavy atom. The van der Waals surface area contributed by atoms with E-state index in [0.29, 0.717) is 16.7 Å². The van der Waals surface area contributed by atoms with Crippen molar-refractivity contribution in [3.63, 3.8) is 0 Å². The Bertz CT molecular complexity index is 820. The van der Waals surface area contributed by atoms with Gasteiger partial charge in [-0.2, -0.15) is 0 Å². The topological polar surface area (TPSA) is 70.6 Å². The van der Waals surface area contributed by atoms with E-state index in [-0.39, 0.29) is 10.9 Å². The van der Waals surface area contributed by atoms with Gasteiger partial charge in [0, 0.05) is 11.0 Å². The molecule has 0 bridgehead atoms. The van der Waals surface area contributed by atoms with Gasteiger partial charge in [0.15, 0.2) is 0 Å². The van der Waals surface area contributed by atoms with Gasteiger partial charge in [-0.1, -0.05) is 46.3 Å². The molecule has 7 heteroatoms. The second-order valence-corrected chi connectivity index (χ2v) is 7.40. The summed E-state index contributed by atoms with van der Waals surface area (Å²) < 4.78 is 27.6. The summed E-state index contributed by atoms with van der Waals surface area (Å²) in [6.07, 6.45) is 0.751. The lowest BCUT2D eigenvalue weighted by molar-refractivity contribution is 0.591. The molecule has 0 fully saturated rings. The van der Waals surface area contributed by atoms with Gasteiger partial charge in [-0.15, -0.1) is 0 Å². The van der Waals surface area contributed by atoms with E-state index in [0.717, 1.165) is 12.0 Å². The monoisotopic (exact) mass is 379 g/mol. The number of sulfonamides is 1. The Labute approximate surface area is 137 Å². The maximum Gasteiger partial charge on any atom is 0.266 e. The average Bonchev–Trinajstić information content (AvgIpc) is 2.49. The summed E-state index contributed by atoms with van der Waals surface area (Å²) in [6.45, 7) is 0.501. The first-order chi connectivity index (χ1) is 10.5. The van der Waals surface area contributed by atoms with Gasteiger partial charge < -0.3 is 5.32 Å². The Morgan fingerprint density at radius 3 is 2.64 bits per heavy atom. The molecular formula is C15H14BrN3O2S. The zero-order chi connectivity index (χ0) is 15.6. The van der Waals surface area contributed by atoms with Crippen LogP contribution in [0, 0.1) is 0 Å². The third kappa shape index (κ3) is 3.31. The first-order valence-electron chi connectivity index (χ1n) is 6.72. The highest BCUT2D eigenvalue weighted by Crippen LogP contribution is 2.27. The van der Waals surface area contributed by atoms with Gasteiger partial charge in [-0.3, -0.25) is 4.99 Å². The van der Waals surface area contributed by atoms with E-state index in [1.54, 1.807) is 18.2 Å². The molecule has 0 saturated heterocycles. The van der Waals surface area contributed by atoms with E-state index >= 15 is 0 Å². The number of hydrogen-bond acceptors (Lipinski definition) is 3. The Morgan fingerprint density at radius 1 is 1.09 bits per heavy atom. The quantitative estimate of drug-likeness (QED) is 0.860. The fraction of sp³-hybridized carbons (Fsp3) is 0.133. The number of hydrogen-bond donors (Lipinski definition) is 2. The smallest absolute Gasteiger partial charge is 0.266 e. The molecule has 2 aromatic carbocycles. The third-order valence-electron chi connectivity index (χ3n) is 3.23. The maximum atomic E-state index is 12.2. The lowest BCUT2D eigenvalue weighted by Crippen LogP contribution is -2.40. The molecule has 0 amide bonds. The van der Waals surface area contributed by atoms with Crippen LogP contribution < -0.4 is 10.0 Å². The maximum absolute atomic E-state index is 12.2. The zero-order valence-electron chi connectivity index (χ0n) is 11.6. The molecule has 1 aliphatic rings. The standard InChI is InChI=1S/C15H14BrN3O2S/c16-12-6-7-13-14(10-12)22(20,21)19-15(18-13)17-9-8-11-4-2-1-3-5-11/h1-7,10H,8-9H2,(H2,17,18,19). The molecule has 22 heavy (non-hydrogen) atoms. The lowest BCUT2D eigenvalue weighted by atomic mass is 10.2. The second-order valence-electron chi connectivity index (χ2n) is 4.84. The van der Waals surface area contributed by atoms with E-state index in [9.17, 15) is 8.42 Å². The van der Waals surface area contributed by atoms with E-state index < -0.39 is 10.0 Å². The van der Waals surface area contributed by atoms with Crippen LogP contribution >= 0.6 is 15.9 Å². The number of halogens is 1. The van der Waals surface area contributed by atoms with Crippen molar-refractivity contribution in [3.05, 3.63) is 58.6 Å². The first kappa shape index (κ1) is 15.1. The van der Waals surface area contributed by atoms with Crippen LogP contribution in [0.15, 0.2) is 62.9 Å². The number of nitrogens with one attached hydrogen (secondary N) is 2. The summed E-state index contributed by atoms with van der Waals surface area (Å²) >= 11 is 3.27. The van der Waals surface area contributed by atoms with E-state index in [2.05, 4.69) is 31.0 Å². The van der Waals surface area contributed by atoms with Gasteiger partial charge in [-0.05, 0) is 30.2 Å². The van der Waals surface area contributed by atoms with Crippen molar-refractivity contribution < 1.29 is 8.42 Å². The van der Waals surface area contributed by atoms with Crippen molar-refractivity contribution in [3.8, 4) is 0 Å². The molecule has 2 N–H and O–H groups in total. The van der Waals surface area contributed by atoms with Crippen LogP contribution in [0.3, 0.4) is 0 Å². The Hall–Kier alpha value is -1.86. The summed E-state index contributed by atoms with van der Waals surface area (Å²) in [5, 5.41) is 3.00. The van der Waals surface area contributed by atoms with Crippen LogP contribution in [0.25, 0.3) is 0 Å². The summed E-state index contributed by atoms with van der Waals surface area (Å²) in [5.74, 6) is 0.255. The summed E-state index contributed by atoms with van der Waals surface area (Å²) in [7, 11) is -3.58. The van der Waals surface area contributed by atoms with E-state index in [4.69, 9.17) is 0 Å². The summed E-state index contributed by atoms with van der Waals surface area (Å²) in [6, 6.07) is 15.0. The average molecular weight is 380 g/mol. The molecule has 3 rings (SSSR count). The molecule has 114 valence electrons. The predicted molar refractivity (Wildman–Crippen MR) is 90.5 cm³/mol. The number of nitrogens with zero attached hydrogens (tertiary/aromatic N) is 1. The molecule has 0 saturated carbocycles. The minimum Gasteiger partial charge on any atom is -0.324 e. The van der Waals surface area contributed by atoms with Gasteiger partial charge in [-0.25, -0.2) is 13.1 Å². The largest absolute Gasteiger partial charge is 0.324 e. The molecule has 0 radical (unpaired) electrons. The normalized spacial score (nSPS) is 17.4. The summed E-state index contributed by atoms with van der Waals surface area (Å²) in [5.41, 5.74) is 1.69.